The third-order valence-corrected chi connectivity index (χ3v) is 5.40. The van der Waals surface area contributed by atoms with Crippen molar-refractivity contribution in [1.82, 2.24) is 5.32 Å². The minimum absolute atomic E-state index is 0.0175. The fraction of sp³-hybridized carbons (Fsp3) is 0.200. The molecule has 9 heteroatoms. The number of hydrogen-bond donors (Lipinski definition) is 2. The number of amidine groups is 1. The van der Waals surface area contributed by atoms with Gasteiger partial charge in [0.25, 0.3) is 0 Å². The van der Waals surface area contributed by atoms with Gasteiger partial charge >= 0.3 is 0 Å². The van der Waals surface area contributed by atoms with Gasteiger partial charge in [-0.15, -0.1) is 5.10 Å². The molecule has 0 bridgehead atoms. The number of benzene rings is 2. The van der Waals surface area contributed by atoms with E-state index < -0.39 is 5.25 Å². The molecular formula is C20H19ClN4O3S. The van der Waals surface area contributed by atoms with Crippen molar-refractivity contribution in [2.45, 2.75) is 18.6 Å². The lowest BCUT2D eigenvalue weighted by atomic mass is 10.2. The smallest absolute Gasteiger partial charge is 0.240 e. The van der Waals surface area contributed by atoms with Gasteiger partial charge in [-0.2, -0.15) is 5.10 Å². The van der Waals surface area contributed by atoms with E-state index >= 15 is 0 Å². The monoisotopic (exact) mass is 430 g/mol. The standard InChI is InChI=1S/C20H19ClN4O3S/c1-12-3-6-14(21)9-16(12)23-18(26)10-17-19(27)24-20(29-17)25-22-11-13-4-7-15(28-2)8-5-13/h3-9,11,17H,10H2,1-2H3,(H,23,26)(H,24,25,27). The Hall–Kier alpha value is -2.84. The van der Waals surface area contributed by atoms with Gasteiger partial charge in [0.05, 0.1) is 13.3 Å². The van der Waals surface area contributed by atoms with Crippen molar-refractivity contribution in [1.29, 1.82) is 0 Å². The van der Waals surface area contributed by atoms with Crippen LogP contribution in [0.25, 0.3) is 0 Å². The van der Waals surface area contributed by atoms with E-state index in [1.54, 1.807) is 25.5 Å². The van der Waals surface area contributed by atoms with Crippen LogP contribution in [-0.4, -0.2) is 35.6 Å². The van der Waals surface area contributed by atoms with Gasteiger partial charge in [-0.1, -0.05) is 29.4 Å². The number of anilines is 1. The van der Waals surface area contributed by atoms with Crippen molar-refractivity contribution in [2.24, 2.45) is 10.2 Å². The number of nitrogens with one attached hydrogen (secondary N) is 2. The molecule has 150 valence electrons. The predicted octanol–water partition coefficient (Wildman–Crippen LogP) is 3.61. The van der Waals surface area contributed by atoms with E-state index in [1.165, 1.54) is 11.8 Å². The Labute approximate surface area is 177 Å². The Kier molecular flexibility index (Phi) is 6.90. The molecule has 0 aromatic heterocycles. The quantitative estimate of drug-likeness (QED) is 0.541. The molecule has 29 heavy (non-hydrogen) atoms. The predicted molar refractivity (Wildman–Crippen MR) is 117 cm³/mol. The molecule has 7 nitrogen and oxygen atoms in total. The summed E-state index contributed by atoms with van der Waals surface area (Å²) < 4.78 is 5.10. The number of carbonyl (C=O) groups excluding carboxylic acids is 2. The van der Waals surface area contributed by atoms with E-state index in [2.05, 4.69) is 20.8 Å². The second-order valence-electron chi connectivity index (χ2n) is 6.23. The number of carbonyl (C=O) groups is 2. The first-order chi connectivity index (χ1) is 13.9. The first-order valence-electron chi connectivity index (χ1n) is 8.73. The molecule has 1 aliphatic heterocycles. The second kappa shape index (κ2) is 9.58. The number of ether oxygens (including phenoxy) is 1. The first kappa shape index (κ1) is 20.9. The van der Waals surface area contributed by atoms with Gasteiger partial charge in [-0.05, 0) is 54.4 Å². The number of amides is 2. The molecule has 1 saturated heterocycles. The van der Waals surface area contributed by atoms with Crippen LogP contribution in [0.4, 0.5) is 5.69 Å². The Morgan fingerprint density at radius 2 is 2.07 bits per heavy atom. The lowest BCUT2D eigenvalue weighted by molar-refractivity contribution is -0.122. The van der Waals surface area contributed by atoms with Crippen LogP contribution in [0.2, 0.25) is 5.02 Å². The summed E-state index contributed by atoms with van der Waals surface area (Å²) in [5.41, 5.74) is 2.36. The Bertz CT molecular complexity index is 976. The SMILES string of the molecule is COc1ccc(C=N/N=C2\NC(=O)C(CC(=O)Nc3cc(Cl)ccc3C)S2)cc1. The molecule has 1 fully saturated rings. The van der Waals surface area contributed by atoms with Crippen LogP contribution in [0.5, 0.6) is 5.75 Å². The van der Waals surface area contributed by atoms with Gasteiger partial charge < -0.3 is 15.4 Å². The van der Waals surface area contributed by atoms with E-state index in [4.69, 9.17) is 16.3 Å². The zero-order valence-corrected chi connectivity index (χ0v) is 17.4. The van der Waals surface area contributed by atoms with Gasteiger partial charge in [0, 0.05) is 17.1 Å². The fourth-order valence-corrected chi connectivity index (χ4v) is 3.62. The van der Waals surface area contributed by atoms with Crippen molar-refractivity contribution in [2.75, 3.05) is 12.4 Å². The van der Waals surface area contributed by atoms with Crippen molar-refractivity contribution in [3.63, 3.8) is 0 Å². The van der Waals surface area contributed by atoms with Gasteiger partial charge in [0.15, 0.2) is 5.17 Å². The molecule has 1 aliphatic rings. The number of thioether (sulfide) groups is 1. The van der Waals surface area contributed by atoms with E-state index in [0.29, 0.717) is 15.9 Å². The zero-order valence-electron chi connectivity index (χ0n) is 15.8. The average Bonchev–Trinajstić information content (AvgIpc) is 3.04. The van der Waals surface area contributed by atoms with Gasteiger partial charge in [-0.3, -0.25) is 9.59 Å². The molecule has 2 aromatic carbocycles. The summed E-state index contributed by atoms with van der Waals surface area (Å²) >= 11 is 7.14. The molecule has 0 radical (unpaired) electrons. The van der Waals surface area contributed by atoms with Crippen molar-refractivity contribution in [3.05, 3.63) is 58.6 Å². The number of hydrogen-bond acceptors (Lipinski definition) is 6. The topological polar surface area (TPSA) is 92.2 Å². The molecular weight excluding hydrogens is 412 g/mol. The maximum atomic E-state index is 12.3. The number of methoxy groups -OCH3 is 1. The van der Waals surface area contributed by atoms with E-state index in [-0.39, 0.29) is 18.2 Å². The molecule has 2 aromatic rings. The van der Waals surface area contributed by atoms with E-state index in [0.717, 1.165) is 16.9 Å². The van der Waals surface area contributed by atoms with Crippen LogP contribution in [-0.2, 0) is 9.59 Å². The highest BCUT2D eigenvalue weighted by molar-refractivity contribution is 8.15. The Balaban J connectivity index is 1.56. The summed E-state index contributed by atoms with van der Waals surface area (Å²) in [6, 6.07) is 12.6. The summed E-state index contributed by atoms with van der Waals surface area (Å²) in [6.45, 7) is 1.87. The van der Waals surface area contributed by atoms with Crippen LogP contribution in [0.15, 0.2) is 52.7 Å². The first-order valence-corrected chi connectivity index (χ1v) is 9.99. The average molecular weight is 431 g/mol. The third-order valence-electron chi connectivity index (χ3n) is 4.09. The second-order valence-corrected chi connectivity index (χ2v) is 7.86. The van der Waals surface area contributed by atoms with Gasteiger partial charge in [-0.25, -0.2) is 0 Å². The number of halogens is 1. The highest BCUT2D eigenvalue weighted by Gasteiger charge is 2.32. The lowest BCUT2D eigenvalue weighted by Gasteiger charge is -2.10. The minimum atomic E-state index is -0.565. The molecule has 0 saturated carbocycles. The van der Waals surface area contributed by atoms with Crippen molar-refractivity contribution in [3.8, 4) is 5.75 Å². The van der Waals surface area contributed by atoms with Crippen LogP contribution < -0.4 is 15.4 Å². The number of aryl methyl sites for hydroxylation is 1. The Morgan fingerprint density at radius 3 is 2.79 bits per heavy atom. The highest BCUT2D eigenvalue weighted by atomic mass is 35.5. The lowest BCUT2D eigenvalue weighted by Crippen LogP contribution is -2.28. The van der Waals surface area contributed by atoms with Crippen molar-refractivity contribution >= 4 is 52.2 Å². The van der Waals surface area contributed by atoms with Gasteiger partial charge in [0.1, 0.15) is 11.0 Å². The number of nitrogens with zero attached hydrogens (tertiary/aromatic N) is 2. The van der Waals surface area contributed by atoms with Crippen LogP contribution in [0.1, 0.15) is 17.5 Å². The van der Waals surface area contributed by atoms with Crippen LogP contribution >= 0.6 is 23.4 Å². The molecule has 2 amide bonds. The molecule has 3 rings (SSSR count). The normalized spacial score (nSPS) is 17.6. The summed E-state index contributed by atoms with van der Waals surface area (Å²) in [5, 5.41) is 13.8. The van der Waals surface area contributed by atoms with Crippen LogP contribution in [0, 0.1) is 6.92 Å². The maximum Gasteiger partial charge on any atom is 0.240 e. The van der Waals surface area contributed by atoms with E-state index in [9.17, 15) is 9.59 Å². The third kappa shape index (κ3) is 5.82. The minimum Gasteiger partial charge on any atom is -0.497 e. The molecule has 0 aliphatic carbocycles. The largest absolute Gasteiger partial charge is 0.497 e. The molecule has 1 atom stereocenters. The molecule has 2 N–H and O–H groups in total. The summed E-state index contributed by atoms with van der Waals surface area (Å²) in [5.74, 6) is 0.207. The molecule has 1 unspecified atom stereocenters. The zero-order chi connectivity index (χ0) is 20.8. The summed E-state index contributed by atoms with van der Waals surface area (Å²) in [7, 11) is 1.60. The van der Waals surface area contributed by atoms with Gasteiger partial charge in [0.2, 0.25) is 11.8 Å². The highest BCUT2D eigenvalue weighted by Crippen LogP contribution is 2.24. The van der Waals surface area contributed by atoms with Crippen molar-refractivity contribution < 1.29 is 14.3 Å². The van der Waals surface area contributed by atoms with E-state index in [1.807, 2.05) is 37.3 Å². The summed E-state index contributed by atoms with van der Waals surface area (Å²) in [4.78, 5) is 24.4. The molecule has 1 heterocycles. The fourth-order valence-electron chi connectivity index (χ4n) is 2.52. The molecule has 0 spiro atoms. The number of rotatable bonds is 6. The summed E-state index contributed by atoms with van der Waals surface area (Å²) in [6.07, 6.45) is 1.59. The Morgan fingerprint density at radius 1 is 1.31 bits per heavy atom. The maximum absolute atomic E-state index is 12.3. The van der Waals surface area contributed by atoms with Crippen LogP contribution in [0.3, 0.4) is 0 Å².